The second-order valence-corrected chi connectivity index (χ2v) is 9.25. The Morgan fingerprint density at radius 2 is 1.78 bits per heavy atom. The van der Waals surface area contributed by atoms with Gasteiger partial charge in [0.25, 0.3) is 5.91 Å². The lowest BCUT2D eigenvalue weighted by atomic mass is 9.78. The highest BCUT2D eigenvalue weighted by molar-refractivity contribution is 7.12. The van der Waals surface area contributed by atoms with Crippen LogP contribution in [0.15, 0.2) is 53.9 Å². The van der Waals surface area contributed by atoms with E-state index in [-0.39, 0.29) is 38.9 Å². The van der Waals surface area contributed by atoms with Gasteiger partial charge in [-0.2, -0.15) is 0 Å². The summed E-state index contributed by atoms with van der Waals surface area (Å²) >= 11 is 7.23. The van der Waals surface area contributed by atoms with Crippen LogP contribution in [0.1, 0.15) is 55.4 Å². The van der Waals surface area contributed by atoms with E-state index in [0.29, 0.717) is 5.56 Å². The predicted molar refractivity (Wildman–Crippen MR) is 122 cm³/mol. The van der Waals surface area contributed by atoms with Crippen molar-refractivity contribution in [2.24, 2.45) is 0 Å². The molecule has 1 aromatic heterocycles. The highest BCUT2D eigenvalue weighted by Gasteiger charge is 2.38. The van der Waals surface area contributed by atoms with Crippen LogP contribution in [-0.4, -0.2) is 28.7 Å². The monoisotopic (exact) mass is 467 g/mol. The van der Waals surface area contributed by atoms with Gasteiger partial charge in [0, 0.05) is 5.56 Å². The van der Waals surface area contributed by atoms with E-state index in [1.807, 2.05) is 30.3 Å². The van der Waals surface area contributed by atoms with Gasteiger partial charge in [0.2, 0.25) is 5.91 Å². The fourth-order valence-corrected chi connectivity index (χ4v) is 4.90. The molecule has 0 bridgehead atoms. The Hall–Kier alpha value is -3.29. The Labute approximate surface area is 193 Å². The molecule has 0 saturated carbocycles. The van der Waals surface area contributed by atoms with Crippen molar-refractivity contribution in [3.8, 4) is 0 Å². The molecule has 4 rings (SSSR count). The molecule has 0 fully saturated rings. The van der Waals surface area contributed by atoms with E-state index in [2.05, 4.69) is 0 Å². The summed E-state index contributed by atoms with van der Waals surface area (Å²) in [6.45, 7) is 3.60. The van der Waals surface area contributed by atoms with Crippen LogP contribution in [0.25, 0.3) is 0 Å². The molecule has 6 nitrogen and oxygen atoms in total. The Morgan fingerprint density at radius 3 is 2.44 bits per heavy atom. The lowest BCUT2D eigenvalue weighted by molar-refractivity contribution is -0.117. The molecule has 2 aromatic carbocycles. The number of aromatic carboxylic acids is 1. The van der Waals surface area contributed by atoms with Gasteiger partial charge < -0.3 is 5.11 Å². The average Bonchev–Trinajstić information content (AvgIpc) is 3.19. The Balaban J connectivity index is 1.77. The molecule has 1 aliphatic rings. The maximum atomic E-state index is 13.4. The number of benzene rings is 2. The number of fused-ring (bicyclic) bond motifs is 1. The van der Waals surface area contributed by atoms with Gasteiger partial charge in [-0.1, -0.05) is 41.9 Å². The third-order valence-corrected chi connectivity index (χ3v) is 6.92. The van der Waals surface area contributed by atoms with Crippen LogP contribution >= 0.6 is 22.9 Å². The largest absolute Gasteiger partial charge is 0.477 e. The zero-order valence-corrected chi connectivity index (χ0v) is 18.8. The zero-order valence-electron chi connectivity index (χ0n) is 17.2. The third kappa shape index (κ3) is 3.53. The van der Waals surface area contributed by atoms with E-state index in [4.69, 9.17) is 11.6 Å². The molecule has 0 atom stereocenters. The Kier molecular flexibility index (Phi) is 5.48. The molecule has 0 saturated heterocycles. The normalized spacial score (nSPS) is 13.8. The molecule has 162 valence electrons. The van der Waals surface area contributed by atoms with Crippen molar-refractivity contribution in [1.29, 1.82) is 0 Å². The maximum Gasteiger partial charge on any atom is 0.346 e. The maximum absolute atomic E-state index is 13.4. The molecule has 2 amide bonds. The highest BCUT2D eigenvalue weighted by Crippen LogP contribution is 2.37. The first-order valence-corrected chi connectivity index (χ1v) is 11.0. The van der Waals surface area contributed by atoms with Gasteiger partial charge in [0.05, 0.1) is 28.1 Å². The molecular formula is C24H18ClNO5S. The number of imide groups is 1. The second-order valence-electron chi connectivity index (χ2n) is 7.97. The number of hydrogen-bond acceptors (Lipinski definition) is 5. The number of Topliss-reactive ketones (excluding diaryl/α,β-unsaturated/α-hetero) is 1. The van der Waals surface area contributed by atoms with Crippen molar-refractivity contribution in [2.75, 3.05) is 4.90 Å². The van der Waals surface area contributed by atoms with Crippen molar-refractivity contribution in [3.05, 3.63) is 86.1 Å². The molecule has 0 spiro atoms. The van der Waals surface area contributed by atoms with Gasteiger partial charge in [-0.05, 0) is 48.6 Å². The number of anilines is 1. The number of thiophene rings is 1. The third-order valence-electron chi connectivity index (χ3n) is 5.58. The Morgan fingerprint density at radius 1 is 1.09 bits per heavy atom. The molecule has 0 aliphatic carbocycles. The van der Waals surface area contributed by atoms with Crippen molar-refractivity contribution >= 4 is 52.2 Å². The zero-order chi connectivity index (χ0) is 23.2. The second kappa shape index (κ2) is 8.00. The molecule has 1 N–H and O–H groups in total. The van der Waals surface area contributed by atoms with E-state index < -0.39 is 23.2 Å². The first kappa shape index (κ1) is 21.9. The van der Waals surface area contributed by atoms with Crippen LogP contribution in [0.2, 0.25) is 5.02 Å². The molecule has 3 aromatic rings. The van der Waals surface area contributed by atoms with Crippen LogP contribution < -0.4 is 4.90 Å². The van der Waals surface area contributed by atoms with Gasteiger partial charge in [-0.25, -0.2) is 9.69 Å². The van der Waals surface area contributed by atoms with E-state index in [9.17, 15) is 24.3 Å². The summed E-state index contributed by atoms with van der Waals surface area (Å²) in [6, 6.07) is 13.7. The van der Waals surface area contributed by atoms with E-state index in [0.717, 1.165) is 21.8 Å². The summed E-state index contributed by atoms with van der Waals surface area (Å²) in [6.07, 6.45) is -0.130. The minimum Gasteiger partial charge on any atom is -0.477 e. The fourth-order valence-electron chi connectivity index (χ4n) is 3.80. The number of nitrogens with zero attached hydrogens (tertiary/aromatic N) is 1. The highest BCUT2D eigenvalue weighted by atomic mass is 35.5. The molecule has 32 heavy (non-hydrogen) atoms. The van der Waals surface area contributed by atoms with Gasteiger partial charge in [-0.15, -0.1) is 11.3 Å². The number of carboxylic acid groups (broad SMARTS) is 1. The average molecular weight is 468 g/mol. The number of carboxylic acids is 1. The summed E-state index contributed by atoms with van der Waals surface area (Å²) in [5.41, 5.74) is 0.671. The number of hydrogen-bond donors (Lipinski definition) is 1. The summed E-state index contributed by atoms with van der Waals surface area (Å²) in [4.78, 5) is 51.6. The Bertz CT molecular complexity index is 1280. The van der Waals surface area contributed by atoms with Crippen LogP contribution in [0.4, 0.5) is 5.69 Å². The predicted octanol–water partition coefficient (Wildman–Crippen LogP) is 4.99. The van der Waals surface area contributed by atoms with E-state index >= 15 is 0 Å². The lowest BCUT2D eigenvalue weighted by Gasteiger charge is -2.28. The molecule has 0 unspecified atom stereocenters. The van der Waals surface area contributed by atoms with Crippen molar-refractivity contribution in [2.45, 2.75) is 25.7 Å². The topological polar surface area (TPSA) is 91.8 Å². The van der Waals surface area contributed by atoms with Crippen molar-refractivity contribution in [3.63, 3.8) is 0 Å². The number of carbonyl (C=O) groups is 4. The molecule has 0 radical (unpaired) electrons. The molecule has 8 heteroatoms. The number of carbonyl (C=O) groups excluding carboxylic acids is 3. The minimum atomic E-state index is -1.24. The fraction of sp³-hybridized carbons (Fsp3) is 0.167. The SMILES string of the molecule is CC(C)(C(=O)c1ccc(Cl)c(N2C(=O)Cc3csc(C(=O)O)c3C2=O)c1)c1ccccc1. The van der Waals surface area contributed by atoms with Crippen LogP contribution in [0.3, 0.4) is 0 Å². The first-order chi connectivity index (χ1) is 15.1. The van der Waals surface area contributed by atoms with Crippen LogP contribution in [-0.2, 0) is 16.6 Å². The molecule has 1 aliphatic heterocycles. The number of ketones is 1. The van der Waals surface area contributed by atoms with Gasteiger partial charge in [0.15, 0.2) is 5.78 Å². The smallest absolute Gasteiger partial charge is 0.346 e. The van der Waals surface area contributed by atoms with Gasteiger partial charge >= 0.3 is 5.97 Å². The number of rotatable bonds is 5. The summed E-state index contributed by atoms with van der Waals surface area (Å²) in [5.74, 6) is -2.74. The van der Waals surface area contributed by atoms with Crippen LogP contribution in [0, 0.1) is 0 Å². The van der Waals surface area contributed by atoms with Crippen molar-refractivity contribution < 1.29 is 24.3 Å². The number of halogens is 1. The lowest BCUT2D eigenvalue weighted by Crippen LogP contribution is -2.43. The first-order valence-electron chi connectivity index (χ1n) is 9.73. The van der Waals surface area contributed by atoms with Gasteiger partial charge in [-0.3, -0.25) is 14.4 Å². The number of amides is 2. The van der Waals surface area contributed by atoms with Crippen molar-refractivity contribution in [1.82, 2.24) is 0 Å². The molecular weight excluding hydrogens is 450 g/mol. The standard InChI is InChI=1S/C24H18ClNO5S/c1-24(2,15-6-4-3-5-7-15)21(28)13-8-9-16(25)17(10-13)26-18(27)11-14-12-32-20(23(30)31)19(14)22(26)29/h3-10,12H,11H2,1-2H3,(H,30,31). The summed E-state index contributed by atoms with van der Waals surface area (Å²) in [5, 5.41) is 11.0. The minimum absolute atomic E-state index is 0.0143. The summed E-state index contributed by atoms with van der Waals surface area (Å²) in [7, 11) is 0. The molecule has 2 heterocycles. The van der Waals surface area contributed by atoms with Gasteiger partial charge in [0.1, 0.15) is 4.88 Å². The van der Waals surface area contributed by atoms with E-state index in [1.165, 1.54) is 17.5 Å². The summed E-state index contributed by atoms with van der Waals surface area (Å²) < 4.78 is 0. The van der Waals surface area contributed by atoms with Crippen LogP contribution in [0.5, 0.6) is 0 Å². The quantitative estimate of drug-likeness (QED) is 0.421. The van der Waals surface area contributed by atoms with E-state index in [1.54, 1.807) is 19.9 Å².